The molecule has 2 aromatic rings. The van der Waals surface area contributed by atoms with Gasteiger partial charge in [-0.1, -0.05) is 23.2 Å². The summed E-state index contributed by atoms with van der Waals surface area (Å²) in [6.45, 7) is 1.58. The van der Waals surface area contributed by atoms with E-state index in [1.807, 2.05) is 36.1 Å². The fourth-order valence-corrected chi connectivity index (χ4v) is 2.09. The topological polar surface area (TPSA) is 29.9 Å². The van der Waals surface area contributed by atoms with Crippen molar-refractivity contribution in [3.05, 3.63) is 51.8 Å². The number of nitrogens with zero attached hydrogens (tertiary/aromatic N) is 2. The molecule has 1 aromatic carbocycles. The predicted octanol–water partition coefficient (Wildman–Crippen LogP) is 3.06. The summed E-state index contributed by atoms with van der Waals surface area (Å²) in [4.78, 5) is 0. The van der Waals surface area contributed by atoms with Crippen LogP contribution in [0.5, 0.6) is 0 Å². The van der Waals surface area contributed by atoms with Crippen molar-refractivity contribution in [1.29, 1.82) is 0 Å². The van der Waals surface area contributed by atoms with Gasteiger partial charge in [-0.3, -0.25) is 4.68 Å². The van der Waals surface area contributed by atoms with E-state index in [0.29, 0.717) is 11.6 Å². The molecule has 2 rings (SSSR count). The van der Waals surface area contributed by atoms with Crippen LogP contribution in [0.1, 0.15) is 11.3 Å². The van der Waals surface area contributed by atoms with Gasteiger partial charge in [-0.2, -0.15) is 5.10 Å². The van der Waals surface area contributed by atoms with Crippen LogP contribution in [0.3, 0.4) is 0 Å². The summed E-state index contributed by atoms with van der Waals surface area (Å²) in [6, 6.07) is 7.52. The molecule has 96 valence electrons. The van der Waals surface area contributed by atoms with Gasteiger partial charge in [0.05, 0.1) is 5.69 Å². The Labute approximate surface area is 117 Å². The first-order valence-electron chi connectivity index (χ1n) is 5.78. The quantitative estimate of drug-likeness (QED) is 0.855. The largest absolute Gasteiger partial charge is 0.312 e. The van der Waals surface area contributed by atoms with Crippen LogP contribution in [0.25, 0.3) is 0 Å². The smallest absolute Gasteiger partial charge is 0.0637 e. The highest BCUT2D eigenvalue weighted by Gasteiger charge is 2.01. The van der Waals surface area contributed by atoms with Crippen molar-refractivity contribution in [1.82, 2.24) is 15.1 Å². The van der Waals surface area contributed by atoms with Crippen molar-refractivity contribution in [3.63, 3.8) is 0 Å². The third kappa shape index (κ3) is 3.73. The molecule has 0 aliphatic carbocycles. The van der Waals surface area contributed by atoms with Gasteiger partial charge in [-0.05, 0) is 29.8 Å². The molecule has 0 unspecified atom stereocenters. The molecule has 3 nitrogen and oxygen atoms in total. The number of nitrogens with one attached hydrogen (secondary N) is 1. The second-order valence-corrected chi connectivity index (χ2v) is 4.99. The Hall–Kier alpha value is -1.03. The van der Waals surface area contributed by atoms with Crippen molar-refractivity contribution >= 4 is 23.2 Å². The standard InChI is InChI=1S/C13H15Cl2N3/c1-18-7-5-12(17-18)4-6-16-9-10-8-11(14)2-3-13(10)15/h2-3,5,7-8,16H,4,6,9H2,1H3. The molecule has 0 saturated carbocycles. The van der Waals surface area contributed by atoms with E-state index in [9.17, 15) is 0 Å². The minimum absolute atomic E-state index is 0.709. The van der Waals surface area contributed by atoms with Gasteiger partial charge in [0.2, 0.25) is 0 Å². The van der Waals surface area contributed by atoms with Crippen molar-refractivity contribution in [2.75, 3.05) is 6.54 Å². The van der Waals surface area contributed by atoms with Crippen molar-refractivity contribution in [3.8, 4) is 0 Å². The van der Waals surface area contributed by atoms with Crippen LogP contribution in [0.4, 0.5) is 0 Å². The Morgan fingerprint density at radius 2 is 2.11 bits per heavy atom. The Morgan fingerprint density at radius 3 is 2.83 bits per heavy atom. The zero-order valence-electron chi connectivity index (χ0n) is 10.2. The summed E-state index contributed by atoms with van der Waals surface area (Å²) in [5.74, 6) is 0. The molecule has 0 radical (unpaired) electrons. The maximum Gasteiger partial charge on any atom is 0.0637 e. The average molecular weight is 284 g/mol. The van der Waals surface area contributed by atoms with Crippen LogP contribution < -0.4 is 5.32 Å². The molecule has 0 amide bonds. The molecule has 1 N–H and O–H groups in total. The average Bonchev–Trinajstić information content (AvgIpc) is 2.75. The zero-order chi connectivity index (χ0) is 13.0. The summed E-state index contributed by atoms with van der Waals surface area (Å²) < 4.78 is 1.81. The minimum Gasteiger partial charge on any atom is -0.312 e. The third-order valence-corrected chi connectivity index (χ3v) is 3.25. The number of aryl methyl sites for hydroxylation is 1. The van der Waals surface area contributed by atoms with Crippen molar-refractivity contribution in [2.24, 2.45) is 7.05 Å². The molecule has 0 saturated heterocycles. The molecule has 18 heavy (non-hydrogen) atoms. The van der Waals surface area contributed by atoms with Crippen molar-refractivity contribution in [2.45, 2.75) is 13.0 Å². The highest BCUT2D eigenvalue weighted by Crippen LogP contribution is 2.20. The van der Waals surface area contributed by atoms with E-state index in [2.05, 4.69) is 10.4 Å². The molecular formula is C13H15Cl2N3. The number of aromatic nitrogens is 2. The second-order valence-electron chi connectivity index (χ2n) is 4.14. The van der Waals surface area contributed by atoms with E-state index in [4.69, 9.17) is 23.2 Å². The van der Waals surface area contributed by atoms with E-state index in [1.165, 1.54) is 0 Å². The zero-order valence-corrected chi connectivity index (χ0v) is 11.7. The third-order valence-electron chi connectivity index (χ3n) is 2.65. The Bertz CT molecular complexity index is 523. The molecule has 0 fully saturated rings. The summed E-state index contributed by atoms with van der Waals surface area (Å²) >= 11 is 12.0. The lowest BCUT2D eigenvalue weighted by Crippen LogP contribution is -2.17. The van der Waals surface area contributed by atoms with Crippen LogP contribution >= 0.6 is 23.2 Å². The van der Waals surface area contributed by atoms with Gasteiger partial charge in [0.1, 0.15) is 0 Å². The van der Waals surface area contributed by atoms with Crippen LogP contribution in [-0.2, 0) is 20.0 Å². The molecule has 0 aliphatic rings. The first-order chi connectivity index (χ1) is 8.65. The predicted molar refractivity (Wildman–Crippen MR) is 75.1 cm³/mol. The first kappa shape index (κ1) is 13.4. The molecule has 5 heteroatoms. The summed E-state index contributed by atoms with van der Waals surface area (Å²) in [7, 11) is 1.92. The van der Waals surface area contributed by atoms with Crippen LogP contribution in [0.2, 0.25) is 10.0 Å². The maximum atomic E-state index is 6.08. The van der Waals surface area contributed by atoms with Gasteiger partial charge >= 0.3 is 0 Å². The van der Waals surface area contributed by atoms with Crippen molar-refractivity contribution < 1.29 is 0 Å². The molecule has 0 spiro atoms. The Kier molecular flexibility index (Phi) is 4.64. The second kappa shape index (κ2) is 6.23. The number of hydrogen-bond acceptors (Lipinski definition) is 2. The molecule has 1 aromatic heterocycles. The van der Waals surface area contributed by atoms with Crippen LogP contribution in [-0.4, -0.2) is 16.3 Å². The van der Waals surface area contributed by atoms with Gasteiger partial charge in [-0.25, -0.2) is 0 Å². The lowest BCUT2D eigenvalue weighted by molar-refractivity contribution is 0.665. The summed E-state index contributed by atoms with van der Waals surface area (Å²) in [6.07, 6.45) is 2.85. The molecule has 0 atom stereocenters. The number of benzene rings is 1. The van der Waals surface area contributed by atoms with Crippen LogP contribution in [0.15, 0.2) is 30.5 Å². The van der Waals surface area contributed by atoms with Crippen LogP contribution in [0, 0.1) is 0 Å². The first-order valence-corrected chi connectivity index (χ1v) is 6.54. The van der Waals surface area contributed by atoms with Gasteiger partial charge in [0.15, 0.2) is 0 Å². The van der Waals surface area contributed by atoms with E-state index >= 15 is 0 Å². The highest BCUT2D eigenvalue weighted by atomic mass is 35.5. The lowest BCUT2D eigenvalue weighted by atomic mass is 10.2. The number of hydrogen-bond donors (Lipinski definition) is 1. The fourth-order valence-electron chi connectivity index (χ4n) is 1.71. The van der Waals surface area contributed by atoms with Gasteiger partial charge in [0, 0.05) is 42.8 Å². The Morgan fingerprint density at radius 1 is 1.28 bits per heavy atom. The van der Waals surface area contributed by atoms with Gasteiger partial charge in [0.25, 0.3) is 0 Å². The van der Waals surface area contributed by atoms with E-state index in [0.717, 1.165) is 29.2 Å². The number of halogens is 2. The fraction of sp³-hybridized carbons (Fsp3) is 0.308. The van der Waals surface area contributed by atoms with Gasteiger partial charge < -0.3 is 5.32 Å². The highest BCUT2D eigenvalue weighted by molar-refractivity contribution is 6.33. The normalized spacial score (nSPS) is 10.8. The minimum atomic E-state index is 0.709. The van der Waals surface area contributed by atoms with E-state index in [-0.39, 0.29) is 0 Å². The van der Waals surface area contributed by atoms with E-state index < -0.39 is 0 Å². The lowest BCUT2D eigenvalue weighted by Gasteiger charge is -2.06. The molecule has 0 bridgehead atoms. The monoisotopic (exact) mass is 283 g/mol. The maximum absolute atomic E-state index is 6.08. The summed E-state index contributed by atoms with van der Waals surface area (Å²) in [5.41, 5.74) is 2.10. The SMILES string of the molecule is Cn1ccc(CCNCc2cc(Cl)ccc2Cl)n1. The number of rotatable bonds is 5. The van der Waals surface area contributed by atoms with E-state index in [1.54, 1.807) is 6.07 Å². The van der Waals surface area contributed by atoms with Gasteiger partial charge in [-0.15, -0.1) is 0 Å². The summed E-state index contributed by atoms with van der Waals surface area (Å²) in [5, 5.41) is 9.10. The molecular weight excluding hydrogens is 269 g/mol. The Balaban J connectivity index is 1.80. The molecule has 0 aliphatic heterocycles. The molecule has 1 heterocycles.